The van der Waals surface area contributed by atoms with E-state index >= 15 is 0 Å². The van der Waals surface area contributed by atoms with Gasteiger partial charge < -0.3 is 15.2 Å². The van der Waals surface area contributed by atoms with Gasteiger partial charge in [0, 0.05) is 12.6 Å². The van der Waals surface area contributed by atoms with Crippen LogP contribution in [0.25, 0.3) is 0 Å². The Morgan fingerprint density at radius 1 is 1.40 bits per heavy atom. The van der Waals surface area contributed by atoms with Crippen LogP contribution in [0.1, 0.15) is 43.7 Å². The van der Waals surface area contributed by atoms with Crippen LogP contribution < -0.4 is 10.5 Å². The monoisotopic (exact) mass is 277 g/mol. The van der Waals surface area contributed by atoms with Crippen molar-refractivity contribution in [1.82, 2.24) is 0 Å². The summed E-state index contributed by atoms with van der Waals surface area (Å²) in [6.07, 6.45) is 5.64. The van der Waals surface area contributed by atoms with E-state index in [9.17, 15) is 0 Å². The fourth-order valence-corrected chi connectivity index (χ4v) is 2.56. The molecule has 0 saturated carbocycles. The third-order valence-electron chi connectivity index (χ3n) is 3.92. The molecule has 1 aromatic carbocycles. The molecule has 2 atom stereocenters. The summed E-state index contributed by atoms with van der Waals surface area (Å²) in [7, 11) is 0. The molecule has 1 fully saturated rings. The first kappa shape index (κ1) is 15.3. The maximum Gasteiger partial charge on any atom is 0.122 e. The van der Waals surface area contributed by atoms with Crippen molar-refractivity contribution in [3.8, 4) is 5.75 Å². The molecule has 2 unspecified atom stereocenters. The number of hydrogen-bond acceptors (Lipinski definition) is 3. The van der Waals surface area contributed by atoms with Gasteiger partial charge in [0.05, 0.1) is 6.10 Å². The molecule has 2 N–H and O–H groups in total. The van der Waals surface area contributed by atoms with E-state index in [4.69, 9.17) is 15.2 Å². The maximum atomic E-state index is 6.08. The summed E-state index contributed by atoms with van der Waals surface area (Å²) in [6, 6.07) is 6.55. The van der Waals surface area contributed by atoms with Crippen LogP contribution in [0.4, 0.5) is 0 Å². The summed E-state index contributed by atoms with van der Waals surface area (Å²) in [5.74, 6) is 0.966. The fraction of sp³-hybridized carbons (Fsp3) is 0.647. The zero-order valence-corrected chi connectivity index (χ0v) is 12.7. The molecule has 1 aromatic rings. The first-order valence-corrected chi connectivity index (χ1v) is 7.78. The van der Waals surface area contributed by atoms with Gasteiger partial charge in [-0.25, -0.2) is 0 Å². The van der Waals surface area contributed by atoms with E-state index in [1.165, 1.54) is 24.0 Å². The molecule has 0 bridgehead atoms. The Labute approximate surface area is 122 Å². The molecule has 20 heavy (non-hydrogen) atoms. The third-order valence-corrected chi connectivity index (χ3v) is 3.92. The molecule has 2 rings (SSSR count). The zero-order valence-electron chi connectivity index (χ0n) is 12.7. The van der Waals surface area contributed by atoms with Crippen LogP contribution in [-0.4, -0.2) is 25.4 Å². The van der Waals surface area contributed by atoms with Gasteiger partial charge in [-0.05, 0) is 50.7 Å². The fourth-order valence-electron chi connectivity index (χ4n) is 2.56. The van der Waals surface area contributed by atoms with Crippen molar-refractivity contribution < 1.29 is 9.47 Å². The van der Waals surface area contributed by atoms with E-state index in [0.717, 1.165) is 31.6 Å². The summed E-state index contributed by atoms with van der Waals surface area (Å²) in [6.45, 7) is 5.75. The van der Waals surface area contributed by atoms with Gasteiger partial charge in [-0.2, -0.15) is 0 Å². The van der Waals surface area contributed by atoms with Crippen LogP contribution in [0.5, 0.6) is 5.75 Å². The molecular formula is C17H27NO2. The van der Waals surface area contributed by atoms with E-state index < -0.39 is 0 Å². The Bertz CT molecular complexity index is 413. The number of hydrogen-bond donors (Lipinski definition) is 1. The minimum Gasteiger partial charge on any atom is -0.491 e. The van der Waals surface area contributed by atoms with Crippen LogP contribution in [0.3, 0.4) is 0 Å². The molecule has 1 saturated heterocycles. The average Bonchev–Trinajstić information content (AvgIpc) is 2.47. The Morgan fingerprint density at radius 3 is 2.95 bits per heavy atom. The summed E-state index contributed by atoms with van der Waals surface area (Å²) in [5.41, 5.74) is 8.55. The highest BCUT2D eigenvalue weighted by Gasteiger charge is 2.16. The first-order chi connectivity index (χ1) is 9.69. The lowest BCUT2D eigenvalue weighted by atomic mass is 10.0. The largest absolute Gasteiger partial charge is 0.491 e. The summed E-state index contributed by atoms with van der Waals surface area (Å²) in [5, 5.41) is 0. The third kappa shape index (κ3) is 4.50. The number of nitrogens with two attached hydrogens (primary N) is 1. The van der Waals surface area contributed by atoms with E-state index in [1.807, 2.05) is 0 Å². The molecule has 0 aromatic heterocycles. The van der Waals surface area contributed by atoms with Crippen LogP contribution >= 0.6 is 0 Å². The van der Waals surface area contributed by atoms with Crippen molar-refractivity contribution in [2.45, 2.75) is 58.1 Å². The molecular weight excluding hydrogens is 250 g/mol. The van der Waals surface area contributed by atoms with E-state index in [-0.39, 0.29) is 12.1 Å². The number of aryl methyl sites for hydroxylation is 1. The number of benzene rings is 1. The molecule has 0 radical (unpaired) electrons. The molecule has 1 heterocycles. The van der Waals surface area contributed by atoms with Crippen LogP contribution in [0.15, 0.2) is 18.2 Å². The molecule has 1 aliphatic rings. The first-order valence-electron chi connectivity index (χ1n) is 7.78. The Balaban J connectivity index is 1.98. The predicted molar refractivity (Wildman–Crippen MR) is 82.2 cm³/mol. The summed E-state index contributed by atoms with van der Waals surface area (Å²) >= 11 is 0. The standard InChI is InChI=1S/C17H27NO2/c1-3-15(18)11-14-10-13(2)7-8-17(14)20-12-16-6-4-5-9-19-16/h7-8,10,15-16H,3-6,9,11-12,18H2,1-2H3. The lowest BCUT2D eigenvalue weighted by Gasteiger charge is -2.23. The van der Waals surface area contributed by atoms with Gasteiger partial charge in [-0.1, -0.05) is 24.6 Å². The normalized spacial score (nSPS) is 20.6. The Hall–Kier alpha value is -1.06. The topological polar surface area (TPSA) is 44.5 Å². The molecule has 112 valence electrons. The van der Waals surface area contributed by atoms with Crippen molar-refractivity contribution in [2.24, 2.45) is 5.73 Å². The van der Waals surface area contributed by atoms with Crippen molar-refractivity contribution >= 4 is 0 Å². The quantitative estimate of drug-likeness (QED) is 0.868. The van der Waals surface area contributed by atoms with Gasteiger partial charge in [0.1, 0.15) is 12.4 Å². The molecule has 0 amide bonds. The average molecular weight is 277 g/mol. The molecule has 1 aliphatic heterocycles. The summed E-state index contributed by atoms with van der Waals surface area (Å²) < 4.78 is 11.7. The predicted octanol–water partition coefficient (Wildman–Crippen LogP) is 3.22. The van der Waals surface area contributed by atoms with Crippen LogP contribution in [-0.2, 0) is 11.2 Å². The molecule has 3 nitrogen and oxygen atoms in total. The second-order valence-electron chi connectivity index (χ2n) is 5.78. The highest BCUT2D eigenvalue weighted by molar-refractivity contribution is 5.37. The maximum absolute atomic E-state index is 6.08. The highest BCUT2D eigenvalue weighted by Crippen LogP contribution is 2.23. The van der Waals surface area contributed by atoms with Gasteiger partial charge in [0.25, 0.3) is 0 Å². The van der Waals surface area contributed by atoms with Crippen molar-refractivity contribution in [2.75, 3.05) is 13.2 Å². The van der Waals surface area contributed by atoms with Crippen molar-refractivity contribution in [1.29, 1.82) is 0 Å². The lowest BCUT2D eigenvalue weighted by Crippen LogP contribution is -2.26. The van der Waals surface area contributed by atoms with Gasteiger partial charge in [0.2, 0.25) is 0 Å². The van der Waals surface area contributed by atoms with Gasteiger partial charge >= 0.3 is 0 Å². The Morgan fingerprint density at radius 2 is 2.25 bits per heavy atom. The van der Waals surface area contributed by atoms with Crippen LogP contribution in [0, 0.1) is 6.92 Å². The zero-order chi connectivity index (χ0) is 14.4. The number of ether oxygens (including phenoxy) is 2. The van der Waals surface area contributed by atoms with Gasteiger partial charge in [0.15, 0.2) is 0 Å². The molecule has 3 heteroatoms. The lowest BCUT2D eigenvalue weighted by molar-refractivity contribution is -0.0112. The minimum absolute atomic E-state index is 0.199. The smallest absolute Gasteiger partial charge is 0.122 e. The van der Waals surface area contributed by atoms with E-state index in [1.54, 1.807) is 0 Å². The second kappa shape index (κ2) is 7.65. The van der Waals surface area contributed by atoms with E-state index in [0.29, 0.717) is 6.61 Å². The minimum atomic E-state index is 0.199. The van der Waals surface area contributed by atoms with Gasteiger partial charge in [-0.15, -0.1) is 0 Å². The highest BCUT2D eigenvalue weighted by atomic mass is 16.5. The summed E-state index contributed by atoms with van der Waals surface area (Å²) in [4.78, 5) is 0. The van der Waals surface area contributed by atoms with E-state index in [2.05, 4.69) is 32.0 Å². The van der Waals surface area contributed by atoms with Crippen LogP contribution in [0.2, 0.25) is 0 Å². The van der Waals surface area contributed by atoms with Crippen molar-refractivity contribution in [3.63, 3.8) is 0 Å². The van der Waals surface area contributed by atoms with Gasteiger partial charge in [-0.3, -0.25) is 0 Å². The molecule has 0 spiro atoms. The van der Waals surface area contributed by atoms with Crippen molar-refractivity contribution in [3.05, 3.63) is 29.3 Å². The Kier molecular flexibility index (Phi) is 5.86. The second-order valence-corrected chi connectivity index (χ2v) is 5.78. The molecule has 0 aliphatic carbocycles. The SMILES string of the molecule is CCC(N)Cc1cc(C)ccc1OCC1CCCCO1. The number of rotatable bonds is 6.